The fourth-order valence-corrected chi connectivity index (χ4v) is 8.14. The maximum absolute atomic E-state index is 5.20. The van der Waals surface area contributed by atoms with Gasteiger partial charge in [0.1, 0.15) is 0 Å². The summed E-state index contributed by atoms with van der Waals surface area (Å²) in [6.45, 7) is 0. The molecule has 0 aliphatic heterocycles. The van der Waals surface area contributed by atoms with Crippen molar-refractivity contribution < 1.29 is 0 Å². The first-order chi connectivity index (χ1) is 26.7. The highest BCUT2D eigenvalue weighted by atomic mass is 15.0. The Bertz CT molecular complexity index is 2790. The lowest BCUT2D eigenvalue weighted by Gasteiger charge is -2.21. The summed E-state index contributed by atoms with van der Waals surface area (Å²) in [5.41, 5.74) is 13.1. The van der Waals surface area contributed by atoms with Gasteiger partial charge in [-0.3, -0.25) is 0 Å². The van der Waals surface area contributed by atoms with Gasteiger partial charge in [-0.1, -0.05) is 170 Å². The zero-order valence-corrected chi connectivity index (χ0v) is 29.9. The molecule has 3 nitrogen and oxygen atoms in total. The number of hydrogen-bond acceptors (Lipinski definition) is 3. The first-order valence-corrected chi connectivity index (χ1v) is 18.9. The number of aryl methyl sites for hydroxylation is 2. The molecule has 0 bridgehead atoms. The van der Waals surface area contributed by atoms with Gasteiger partial charge in [-0.15, -0.1) is 0 Å². The third-order valence-electron chi connectivity index (χ3n) is 10.9. The van der Waals surface area contributed by atoms with Crippen LogP contribution in [0.4, 0.5) is 0 Å². The van der Waals surface area contributed by atoms with Crippen LogP contribution in [0, 0.1) is 0 Å². The number of benzene rings is 8. The van der Waals surface area contributed by atoms with Gasteiger partial charge >= 0.3 is 0 Å². The Balaban J connectivity index is 1.10. The van der Waals surface area contributed by atoms with Crippen LogP contribution in [-0.2, 0) is 12.8 Å². The first kappa shape index (κ1) is 32.0. The molecule has 0 fully saturated rings. The van der Waals surface area contributed by atoms with Crippen molar-refractivity contribution in [2.45, 2.75) is 25.7 Å². The lowest BCUT2D eigenvalue weighted by Crippen LogP contribution is -2.04. The number of aromatic nitrogens is 3. The standard InChI is InChI=1S/C51H37N3/c1-3-12-34(13-4-1)36-22-27-39(28-23-36)49-52-50(54-51(53-49)46-21-11-17-37-26-31-41(32-48(37)46)35-14-5-2-6-15-35)40-29-24-38(25-30-40)47-33-42-16-7-8-18-43(42)44-19-9-10-20-45(44)47/h1-6,9-15,17,19-33H,7-8,16,18H2. The third kappa shape index (κ3) is 5.94. The molecule has 10 rings (SSSR count). The van der Waals surface area contributed by atoms with Gasteiger partial charge < -0.3 is 0 Å². The fourth-order valence-electron chi connectivity index (χ4n) is 8.14. The molecule has 0 spiro atoms. The van der Waals surface area contributed by atoms with Gasteiger partial charge in [-0.05, 0) is 97.8 Å². The summed E-state index contributed by atoms with van der Waals surface area (Å²) in [6, 6.07) is 62.7. The summed E-state index contributed by atoms with van der Waals surface area (Å²) < 4.78 is 0. The van der Waals surface area contributed by atoms with Crippen molar-refractivity contribution in [3.8, 4) is 67.5 Å². The molecule has 0 atom stereocenters. The molecule has 0 amide bonds. The molecular formula is C51H37N3. The molecule has 0 unspecified atom stereocenters. The van der Waals surface area contributed by atoms with Crippen LogP contribution in [0.25, 0.3) is 89.1 Å². The maximum atomic E-state index is 5.20. The van der Waals surface area contributed by atoms with E-state index in [1.807, 2.05) is 6.07 Å². The van der Waals surface area contributed by atoms with Crippen LogP contribution in [0.5, 0.6) is 0 Å². The van der Waals surface area contributed by atoms with Gasteiger partial charge in [0, 0.05) is 16.7 Å². The lowest BCUT2D eigenvalue weighted by molar-refractivity contribution is 0.690. The van der Waals surface area contributed by atoms with Gasteiger partial charge in [0.05, 0.1) is 0 Å². The van der Waals surface area contributed by atoms with Crippen LogP contribution in [0.15, 0.2) is 176 Å². The van der Waals surface area contributed by atoms with Crippen LogP contribution in [0.3, 0.4) is 0 Å². The molecule has 256 valence electrons. The summed E-state index contributed by atoms with van der Waals surface area (Å²) in [4.78, 5) is 15.5. The second-order valence-electron chi connectivity index (χ2n) is 14.2. The molecule has 0 saturated heterocycles. The molecule has 1 aliphatic rings. The molecule has 0 saturated carbocycles. The molecule has 8 aromatic carbocycles. The van der Waals surface area contributed by atoms with Gasteiger partial charge in [0.2, 0.25) is 0 Å². The molecule has 3 heteroatoms. The normalized spacial score (nSPS) is 12.5. The van der Waals surface area contributed by atoms with Crippen molar-refractivity contribution in [2.75, 3.05) is 0 Å². The second kappa shape index (κ2) is 13.7. The zero-order chi connectivity index (χ0) is 35.8. The second-order valence-corrected chi connectivity index (χ2v) is 14.2. The van der Waals surface area contributed by atoms with Crippen molar-refractivity contribution in [3.05, 3.63) is 187 Å². The SMILES string of the molecule is c1ccc(-c2ccc(-c3nc(-c4ccc(-c5cc6c(c7ccccc57)CCCC6)cc4)nc(-c4cccc5ccc(-c6ccccc6)cc45)n3)cc2)cc1. The minimum Gasteiger partial charge on any atom is -0.208 e. The monoisotopic (exact) mass is 691 g/mol. The van der Waals surface area contributed by atoms with Gasteiger partial charge in [-0.2, -0.15) is 0 Å². The molecule has 1 heterocycles. The topological polar surface area (TPSA) is 38.7 Å². The predicted molar refractivity (Wildman–Crippen MR) is 224 cm³/mol. The molecule has 1 aromatic heterocycles. The Morgan fingerprint density at radius 1 is 0.315 bits per heavy atom. The van der Waals surface area contributed by atoms with Crippen molar-refractivity contribution in [3.63, 3.8) is 0 Å². The Labute approximate surface area is 315 Å². The average Bonchev–Trinajstić information content (AvgIpc) is 3.26. The highest BCUT2D eigenvalue weighted by Crippen LogP contribution is 2.38. The van der Waals surface area contributed by atoms with E-state index in [1.165, 1.54) is 63.4 Å². The van der Waals surface area contributed by atoms with Crippen molar-refractivity contribution in [1.82, 2.24) is 15.0 Å². The summed E-state index contributed by atoms with van der Waals surface area (Å²) in [5, 5.41) is 4.96. The minimum atomic E-state index is 0.649. The Morgan fingerprint density at radius 2 is 0.852 bits per heavy atom. The summed E-state index contributed by atoms with van der Waals surface area (Å²) >= 11 is 0. The van der Waals surface area contributed by atoms with E-state index in [1.54, 1.807) is 0 Å². The number of hydrogen-bond donors (Lipinski definition) is 0. The van der Waals surface area contributed by atoms with E-state index >= 15 is 0 Å². The molecular weight excluding hydrogens is 655 g/mol. The van der Waals surface area contributed by atoms with E-state index in [0.717, 1.165) is 45.0 Å². The van der Waals surface area contributed by atoms with E-state index in [4.69, 9.17) is 15.0 Å². The first-order valence-electron chi connectivity index (χ1n) is 18.9. The summed E-state index contributed by atoms with van der Waals surface area (Å²) in [5.74, 6) is 1.96. The van der Waals surface area contributed by atoms with Crippen molar-refractivity contribution >= 4 is 21.5 Å². The van der Waals surface area contributed by atoms with E-state index in [-0.39, 0.29) is 0 Å². The van der Waals surface area contributed by atoms with E-state index in [2.05, 4.69) is 170 Å². The van der Waals surface area contributed by atoms with Gasteiger partial charge in [0.15, 0.2) is 17.5 Å². The van der Waals surface area contributed by atoms with Crippen LogP contribution >= 0.6 is 0 Å². The third-order valence-corrected chi connectivity index (χ3v) is 10.9. The van der Waals surface area contributed by atoms with Crippen LogP contribution in [-0.4, -0.2) is 15.0 Å². The Hall–Kier alpha value is -6.71. The Kier molecular flexibility index (Phi) is 8.11. The van der Waals surface area contributed by atoms with E-state index in [9.17, 15) is 0 Å². The zero-order valence-electron chi connectivity index (χ0n) is 29.9. The van der Waals surface area contributed by atoms with Gasteiger partial charge in [0.25, 0.3) is 0 Å². The van der Waals surface area contributed by atoms with E-state index < -0.39 is 0 Å². The number of nitrogens with zero attached hydrogens (tertiary/aromatic N) is 3. The minimum absolute atomic E-state index is 0.649. The maximum Gasteiger partial charge on any atom is 0.164 e. The molecule has 9 aromatic rings. The van der Waals surface area contributed by atoms with Crippen LogP contribution in [0.1, 0.15) is 24.0 Å². The van der Waals surface area contributed by atoms with Crippen LogP contribution in [0.2, 0.25) is 0 Å². The lowest BCUT2D eigenvalue weighted by atomic mass is 9.84. The summed E-state index contributed by atoms with van der Waals surface area (Å²) in [7, 11) is 0. The van der Waals surface area contributed by atoms with Crippen LogP contribution < -0.4 is 0 Å². The van der Waals surface area contributed by atoms with Crippen molar-refractivity contribution in [2.24, 2.45) is 0 Å². The molecule has 0 N–H and O–H groups in total. The molecule has 1 aliphatic carbocycles. The largest absolute Gasteiger partial charge is 0.208 e. The highest BCUT2D eigenvalue weighted by Gasteiger charge is 2.18. The smallest absolute Gasteiger partial charge is 0.164 e. The Morgan fingerprint density at radius 3 is 1.56 bits per heavy atom. The molecule has 0 radical (unpaired) electrons. The van der Waals surface area contributed by atoms with Gasteiger partial charge in [-0.25, -0.2) is 15.0 Å². The van der Waals surface area contributed by atoms with E-state index in [0.29, 0.717) is 17.5 Å². The fraction of sp³-hybridized carbons (Fsp3) is 0.0784. The number of fused-ring (bicyclic) bond motifs is 4. The highest BCUT2D eigenvalue weighted by molar-refractivity contribution is 6.00. The molecule has 54 heavy (non-hydrogen) atoms. The summed E-state index contributed by atoms with van der Waals surface area (Å²) in [6.07, 6.45) is 4.84. The quantitative estimate of drug-likeness (QED) is 0.174. The number of rotatable bonds is 6. The van der Waals surface area contributed by atoms with Crippen molar-refractivity contribution in [1.29, 1.82) is 0 Å². The predicted octanol–water partition coefficient (Wildman–Crippen LogP) is 13.1. The average molecular weight is 692 g/mol.